The lowest BCUT2D eigenvalue weighted by atomic mass is 10.2. The van der Waals surface area contributed by atoms with Crippen molar-refractivity contribution < 1.29 is 18.7 Å². The Kier molecular flexibility index (Phi) is 8.07. The summed E-state index contributed by atoms with van der Waals surface area (Å²) in [5.74, 6) is 1.46. The molecule has 0 spiro atoms. The van der Waals surface area contributed by atoms with Crippen molar-refractivity contribution in [3.05, 3.63) is 72.4 Å². The zero-order valence-electron chi connectivity index (χ0n) is 18.9. The fourth-order valence-electron chi connectivity index (χ4n) is 3.63. The van der Waals surface area contributed by atoms with Gasteiger partial charge in [-0.3, -0.25) is 4.79 Å². The maximum Gasteiger partial charge on any atom is 0.319 e. The number of urea groups is 1. The minimum absolute atomic E-state index is 0.0182. The Morgan fingerprint density at radius 2 is 1.82 bits per heavy atom. The molecule has 0 radical (unpaired) electrons. The molecule has 0 atom stereocenters. The summed E-state index contributed by atoms with van der Waals surface area (Å²) in [6, 6.07) is 12.5. The van der Waals surface area contributed by atoms with Gasteiger partial charge in [0.1, 0.15) is 12.4 Å². The highest BCUT2D eigenvalue weighted by Gasteiger charge is 2.22. The van der Waals surface area contributed by atoms with Gasteiger partial charge in [-0.1, -0.05) is 12.1 Å². The summed E-state index contributed by atoms with van der Waals surface area (Å²) in [6.07, 6.45) is 5.28. The van der Waals surface area contributed by atoms with Gasteiger partial charge in [-0.05, 0) is 35.9 Å². The third-order valence-corrected chi connectivity index (χ3v) is 5.37. The molecule has 1 fully saturated rings. The molecule has 1 saturated heterocycles. The van der Waals surface area contributed by atoms with Crippen molar-refractivity contribution in [2.75, 3.05) is 42.9 Å². The second kappa shape index (κ2) is 11.8. The number of hydrogen-bond acceptors (Lipinski definition) is 7. The van der Waals surface area contributed by atoms with Gasteiger partial charge in [0.15, 0.2) is 0 Å². The van der Waals surface area contributed by atoms with Crippen LogP contribution < -0.4 is 15.5 Å². The minimum Gasteiger partial charge on any atom is -0.467 e. The molecule has 2 N–H and O–H groups in total. The first-order valence-electron chi connectivity index (χ1n) is 11.2. The van der Waals surface area contributed by atoms with E-state index in [0.717, 1.165) is 11.3 Å². The third-order valence-electron chi connectivity index (χ3n) is 5.37. The van der Waals surface area contributed by atoms with Crippen LogP contribution in [0, 0.1) is 0 Å². The fraction of sp³-hybridized carbons (Fsp3) is 0.333. The molecule has 10 heteroatoms. The monoisotopic (exact) mass is 464 g/mol. The van der Waals surface area contributed by atoms with Crippen molar-refractivity contribution in [2.24, 2.45) is 0 Å². The van der Waals surface area contributed by atoms with Crippen LogP contribution in [0.15, 0.2) is 65.5 Å². The Balaban J connectivity index is 1.14. The van der Waals surface area contributed by atoms with Crippen LogP contribution >= 0.6 is 0 Å². The van der Waals surface area contributed by atoms with E-state index in [4.69, 9.17) is 9.15 Å². The van der Waals surface area contributed by atoms with Crippen LogP contribution in [0.2, 0.25) is 0 Å². The summed E-state index contributed by atoms with van der Waals surface area (Å²) in [4.78, 5) is 37.1. The average Bonchev–Trinajstić information content (AvgIpc) is 3.38. The van der Waals surface area contributed by atoms with Gasteiger partial charge in [0.2, 0.25) is 11.9 Å². The minimum atomic E-state index is -0.354. The summed E-state index contributed by atoms with van der Waals surface area (Å²) < 4.78 is 10.9. The number of aromatic nitrogens is 2. The Bertz CT molecular complexity index is 1050. The zero-order valence-corrected chi connectivity index (χ0v) is 18.9. The van der Waals surface area contributed by atoms with E-state index in [9.17, 15) is 9.59 Å². The summed E-state index contributed by atoms with van der Waals surface area (Å²) in [6.45, 7) is 3.63. The Morgan fingerprint density at radius 1 is 1.00 bits per heavy atom. The molecule has 0 saturated carbocycles. The number of carbonyl (C=O) groups excluding carboxylic acids is 2. The average molecular weight is 465 g/mol. The number of rotatable bonds is 9. The quantitative estimate of drug-likeness (QED) is 0.501. The van der Waals surface area contributed by atoms with E-state index in [1.165, 1.54) is 0 Å². The van der Waals surface area contributed by atoms with Crippen LogP contribution in [0.5, 0.6) is 0 Å². The molecule has 3 aromatic rings. The van der Waals surface area contributed by atoms with Gasteiger partial charge >= 0.3 is 6.03 Å². The van der Waals surface area contributed by atoms with E-state index < -0.39 is 0 Å². The first-order chi connectivity index (χ1) is 16.7. The molecule has 0 aliphatic carbocycles. The smallest absolute Gasteiger partial charge is 0.319 e. The molecule has 1 aliphatic rings. The normalized spacial score (nSPS) is 13.5. The number of benzene rings is 1. The second-order valence-corrected chi connectivity index (χ2v) is 7.82. The van der Waals surface area contributed by atoms with Crippen LogP contribution in [-0.4, -0.2) is 59.5 Å². The van der Waals surface area contributed by atoms with E-state index in [1.54, 1.807) is 30.8 Å². The van der Waals surface area contributed by atoms with Crippen molar-refractivity contribution >= 4 is 23.6 Å². The Morgan fingerprint density at radius 3 is 2.59 bits per heavy atom. The molecule has 2 aromatic heterocycles. The third kappa shape index (κ3) is 6.79. The summed E-state index contributed by atoms with van der Waals surface area (Å²) >= 11 is 0. The molecule has 0 bridgehead atoms. The van der Waals surface area contributed by atoms with Crippen molar-refractivity contribution in [3.8, 4) is 0 Å². The predicted molar refractivity (Wildman–Crippen MR) is 126 cm³/mol. The molecular formula is C24H28N6O4. The molecule has 3 amide bonds. The predicted octanol–water partition coefficient (Wildman–Crippen LogP) is 2.65. The Hall–Kier alpha value is -3.92. The lowest BCUT2D eigenvalue weighted by molar-refractivity contribution is -0.131. The van der Waals surface area contributed by atoms with Gasteiger partial charge in [-0.2, -0.15) is 0 Å². The van der Waals surface area contributed by atoms with Crippen LogP contribution in [0.25, 0.3) is 0 Å². The van der Waals surface area contributed by atoms with E-state index in [2.05, 4.69) is 25.5 Å². The van der Waals surface area contributed by atoms with Gasteiger partial charge in [0, 0.05) is 57.2 Å². The van der Waals surface area contributed by atoms with Gasteiger partial charge in [-0.15, -0.1) is 0 Å². The number of ether oxygens (including phenoxy) is 1. The largest absolute Gasteiger partial charge is 0.467 e. The van der Waals surface area contributed by atoms with Crippen LogP contribution in [-0.2, 0) is 22.7 Å². The number of carbonyl (C=O) groups is 2. The van der Waals surface area contributed by atoms with Crippen LogP contribution in [0.1, 0.15) is 17.7 Å². The topological polar surface area (TPSA) is 113 Å². The molecule has 3 heterocycles. The summed E-state index contributed by atoms with van der Waals surface area (Å²) in [7, 11) is 0. The lowest BCUT2D eigenvalue weighted by Gasteiger charge is -2.34. The molecular weight excluding hydrogens is 436 g/mol. The van der Waals surface area contributed by atoms with E-state index >= 15 is 0 Å². The Labute approximate surface area is 197 Å². The van der Waals surface area contributed by atoms with Crippen LogP contribution in [0.4, 0.5) is 16.4 Å². The number of amides is 3. The second-order valence-electron chi connectivity index (χ2n) is 7.82. The van der Waals surface area contributed by atoms with E-state index in [0.29, 0.717) is 51.0 Å². The number of anilines is 2. The maximum atomic E-state index is 12.5. The van der Waals surface area contributed by atoms with Gasteiger partial charge in [-0.25, -0.2) is 14.8 Å². The molecule has 1 aliphatic heterocycles. The highest BCUT2D eigenvalue weighted by molar-refractivity contribution is 5.89. The SMILES string of the molecule is O=C(NCCC(=O)N1CCN(c2ncccn2)CC1)Nc1cccc(COCc2ccco2)c1. The fourth-order valence-corrected chi connectivity index (χ4v) is 3.63. The van der Waals surface area contributed by atoms with Gasteiger partial charge < -0.3 is 29.6 Å². The summed E-state index contributed by atoms with van der Waals surface area (Å²) in [5, 5.41) is 5.54. The molecule has 178 valence electrons. The number of piperazine rings is 1. The lowest BCUT2D eigenvalue weighted by Crippen LogP contribution is -2.49. The van der Waals surface area contributed by atoms with Gasteiger partial charge in [0.25, 0.3) is 0 Å². The zero-order chi connectivity index (χ0) is 23.6. The first-order valence-corrected chi connectivity index (χ1v) is 11.2. The van der Waals surface area contributed by atoms with Crippen LogP contribution in [0.3, 0.4) is 0 Å². The van der Waals surface area contributed by atoms with Crippen molar-refractivity contribution in [2.45, 2.75) is 19.6 Å². The molecule has 1 aromatic carbocycles. The molecule has 4 rings (SSSR count). The number of hydrogen-bond donors (Lipinski definition) is 2. The van der Waals surface area contributed by atoms with Crippen molar-refractivity contribution in [1.29, 1.82) is 0 Å². The summed E-state index contributed by atoms with van der Waals surface area (Å²) in [5.41, 5.74) is 1.58. The van der Waals surface area contributed by atoms with E-state index in [1.807, 2.05) is 35.2 Å². The highest BCUT2D eigenvalue weighted by atomic mass is 16.5. The molecule has 0 unspecified atom stereocenters. The number of nitrogens with zero attached hydrogens (tertiary/aromatic N) is 4. The van der Waals surface area contributed by atoms with Crippen molar-refractivity contribution in [1.82, 2.24) is 20.2 Å². The maximum absolute atomic E-state index is 12.5. The van der Waals surface area contributed by atoms with Gasteiger partial charge in [0.05, 0.1) is 12.9 Å². The first kappa shape index (κ1) is 23.2. The van der Waals surface area contributed by atoms with Crippen molar-refractivity contribution in [3.63, 3.8) is 0 Å². The molecule has 10 nitrogen and oxygen atoms in total. The standard InChI is InChI=1S/C24H28N6O4/c31-22(29-11-13-30(14-12-29)23-25-8-3-9-26-23)7-10-27-24(32)28-20-5-1-4-19(16-20)17-33-18-21-6-2-15-34-21/h1-6,8-9,15-16H,7,10-14,17-18H2,(H2,27,28,32). The molecule has 34 heavy (non-hydrogen) atoms. The number of nitrogens with one attached hydrogen (secondary N) is 2. The number of furan rings is 1. The van der Waals surface area contributed by atoms with E-state index in [-0.39, 0.29) is 24.9 Å². The highest BCUT2D eigenvalue weighted by Crippen LogP contribution is 2.13.